The molecule has 6 heteroatoms. The van der Waals surface area contributed by atoms with Crippen molar-refractivity contribution >= 4 is 11.9 Å². The summed E-state index contributed by atoms with van der Waals surface area (Å²) in [5.41, 5.74) is 0. The number of aliphatic hydroxyl groups excluding tert-OH is 2. The first-order chi connectivity index (χ1) is 21.4. The van der Waals surface area contributed by atoms with Gasteiger partial charge in [0.05, 0.1) is 12.7 Å². The van der Waals surface area contributed by atoms with E-state index in [4.69, 9.17) is 9.47 Å². The molecule has 0 fully saturated rings. The van der Waals surface area contributed by atoms with Crippen molar-refractivity contribution in [3.05, 3.63) is 48.6 Å². The average Bonchev–Trinajstić information content (AvgIpc) is 3.02. The summed E-state index contributed by atoms with van der Waals surface area (Å²) in [5, 5.41) is 19.5. The predicted octanol–water partition coefficient (Wildman–Crippen LogP) is 9.50. The van der Waals surface area contributed by atoms with E-state index in [1.54, 1.807) is 0 Å². The van der Waals surface area contributed by atoms with Crippen LogP contribution in [0.3, 0.4) is 0 Å². The molecule has 3 atom stereocenters. The van der Waals surface area contributed by atoms with Gasteiger partial charge in [0, 0.05) is 12.8 Å². The summed E-state index contributed by atoms with van der Waals surface area (Å²) in [5.74, 6) is 0.143. The smallest absolute Gasteiger partial charge is 0.306 e. The van der Waals surface area contributed by atoms with Gasteiger partial charge in [0.2, 0.25) is 0 Å². The molecule has 0 spiro atoms. The van der Waals surface area contributed by atoms with Crippen molar-refractivity contribution in [1.82, 2.24) is 0 Å². The molecule has 44 heavy (non-hydrogen) atoms. The third-order valence-electron chi connectivity index (χ3n) is 7.75. The van der Waals surface area contributed by atoms with Gasteiger partial charge in [0.15, 0.2) is 6.10 Å². The summed E-state index contributed by atoms with van der Waals surface area (Å²) in [6, 6.07) is 0. The van der Waals surface area contributed by atoms with Crippen LogP contribution in [0.25, 0.3) is 0 Å². The van der Waals surface area contributed by atoms with Gasteiger partial charge in [-0.2, -0.15) is 0 Å². The number of rotatable bonds is 30. The van der Waals surface area contributed by atoms with Crippen molar-refractivity contribution in [2.45, 2.75) is 161 Å². The molecule has 0 aliphatic heterocycles. The third kappa shape index (κ3) is 29.9. The Hall–Kier alpha value is -2.18. The molecule has 0 radical (unpaired) electrons. The molecule has 0 saturated heterocycles. The van der Waals surface area contributed by atoms with Crippen LogP contribution in [-0.4, -0.2) is 47.6 Å². The van der Waals surface area contributed by atoms with Crippen LogP contribution in [0.5, 0.6) is 0 Å². The zero-order valence-electron chi connectivity index (χ0n) is 28.4. The lowest BCUT2D eigenvalue weighted by Gasteiger charge is -2.15. The molecular formula is C38H66O6. The highest BCUT2D eigenvalue weighted by Crippen LogP contribution is 2.15. The average molecular weight is 619 g/mol. The maximum Gasteiger partial charge on any atom is 0.306 e. The van der Waals surface area contributed by atoms with Crippen LogP contribution >= 0.6 is 0 Å². The molecule has 0 aliphatic carbocycles. The Bertz CT molecular complexity index is 784. The van der Waals surface area contributed by atoms with Crippen molar-refractivity contribution in [2.24, 2.45) is 5.92 Å². The van der Waals surface area contributed by atoms with Crippen molar-refractivity contribution in [3.63, 3.8) is 0 Å². The summed E-state index contributed by atoms with van der Waals surface area (Å²) in [6.45, 7) is 6.30. The largest absolute Gasteiger partial charge is 0.462 e. The lowest BCUT2D eigenvalue weighted by molar-refractivity contribution is -0.161. The summed E-state index contributed by atoms with van der Waals surface area (Å²) in [4.78, 5) is 24.1. The van der Waals surface area contributed by atoms with E-state index in [-0.39, 0.29) is 31.6 Å². The second kappa shape index (κ2) is 32.2. The van der Waals surface area contributed by atoms with Gasteiger partial charge in [0.1, 0.15) is 6.61 Å². The summed E-state index contributed by atoms with van der Waals surface area (Å²) in [6.07, 6.45) is 34.8. The number of carbonyl (C=O) groups is 2. The minimum atomic E-state index is -0.811. The van der Waals surface area contributed by atoms with Crippen molar-refractivity contribution in [2.75, 3.05) is 13.2 Å². The Morgan fingerprint density at radius 2 is 1.39 bits per heavy atom. The maximum atomic E-state index is 12.1. The van der Waals surface area contributed by atoms with Gasteiger partial charge in [-0.1, -0.05) is 140 Å². The highest BCUT2D eigenvalue weighted by Gasteiger charge is 2.16. The molecule has 0 aliphatic rings. The lowest BCUT2D eigenvalue weighted by atomic mass is 9.99. The summed E-state index contributed by atoms with van der Waals surface area (Å²) >= 11 is 0. The van der Waals surface area contributed by atoms with Gasteiger partial charge in [0.25, 0.3) is 0 Å². The highest BCUT2D eigenvalue weighted by atomic mass is 16.6. The number of hydrogen-bond acceptors (Lipinski definition) is 6. The lowest BCUT2D eigenvalue weighted by Crippen LogP contribution is -2.28. The molecule has 0 aromatic carbocycles. The number of carbonyl (C=O) groups excluding carboxylic acids is 2. The third-order valence-corrected chi connectivity index (χ3v) is 7.75. The molecule has 0 saturated carbocycles. The van der Waals surface area contributed by atoms with Crippen LogP contribution in [-0.2, 0) is 19.1 Å². The molecule has 2 N–H and O–H groups in total. The fourth-order valence-corrected chi connectivity index (χ4v) is 4.60. The van der Waals surface area contributed by atoms with E-state index >= 15 is 0 Å². The minimum absolute atomic E-state index is 0.116. The van der Waals surface area contributed by atoms with Crippen LogP contribution in [0.4, 0.5) is 0 Å². The molecule has 0 amide bonds. The van der Waals surface area contributed by atoms with Gasteiger partial charge >= 0.3 is 11.9 Å². The Kier molecular flexibility index (Phi) is 30.6. The topological polar surface area (TPSA) is 93.1 Å². The SMILES string of the molecule is CCCCC/C=C\C=C/[C@@H](O)C/C=C\C/C=C/CCCC(=O)OC[C@H](CO)OC(=O)CCCCCCCCCCC(C)CC. The van der Waals surface area contributed by atoms with E-state index in [1.165, 1.54) is 64.2 Å². The van der Waals surface area contributed by atoms with E-state index in [9.17, 15) is 19.8 Å². The monoisotopic (exact) mass is 618 g/mol. The molecule has 0 aromatic rings. The van der Waals surface area contributed by atoms with Crippen LogP contribution in [0.1, 0.15) is 149 Å². The van der Waals surface area contributed by atoms with Crippen LogP contribution in [0.2, 0.25) is 0 Å². The molecule has 254 valence electrons. The number of unbranched alkanes of at least 4 members (excludes halogenated alkanes) is 11. The van der Waals surface area contributed by atoms with Crippen molar-refractivity contribution < 1.29 is 29.3 Å². The molecule has 6 nitrogen and oxygen atoms in total. The predicted molar refractivity (Wildman–Crippen MR) is 183 cm³/mol. The quantitative estimate of drug-likeness (QED) is 0.0360. The molecule has 0 rings (SSSR count). The first-order valence-corrected chi connectivity index (χ1v) is 17.7. The Labute approximate surface area is 270 Å². The summed E-state index contributed by atoms with van der Waals surface area (Å²) < 4.78 is 10.5. The van der Waals surface area contributed by atoms with Gasteiger partial charge < -0.3 is 19.7 Å². The normalized spacial score (nSPS) is 14.2. The van der Waals surface area contributed by atoms with Crippen molar-refractivity contribution in [1.29, 1.82) is 0 Å². The minimum Gasteiger partial charge on any atom is -0.462 e. The van der Waals surface area contributed by atoms with Crippen LogP contribution in [0, 0.1) is 5.92 Å². The second-order valence-corrected chi connectivity index (χ2v) is 12.0. The Morgan fingerprint density at radius 1 is 0.727 bits per heavy atom. The van der Waals surface area contributed by atoms with Gasteiger partial charge in [-0.15, -0.1) is 0 Å². The molecule has 0 heterocycles. The van der Waals surface area contributed by atoms with Gasteiger partial charge in [-0.05, 0) is 50.9 Å². The number of esters is 2. The first-order valence-electron chi connectivity index (χ1n) is 17.7. The summed E-state index contributed by atoms with van der Waals surface area (Å²) in [7, 11) is 0. The Balaban J connectivity index is 3.79. The molecular weight excluding hydrogens is 552 g/mol. The van der Waals surface area contributed by atoms with E-state index in [2.05, 4.69) is 26.8 Å². The maximum absolute atomic E-state index is 12.1. The van der Waals surface area contributed by atoms with E-state index in [1.807, 2.05) is 42.5 Å². The Morgan fingerprint density at radius 3 is 2.09 bits per heavy atom. The fraction of sp³-hybridized carbons (Fsp3) is 0.737. The van der Waals surface area contributed by atoms with Crippen LogP contribution in [0.15, 0.2) is 48.6 Å². The van der Waals surface area contributed by atoms with E-state index < -0.39 is 12.2 Å². The van der Waals surface area contributed by atoms with Gasteiger partial charge in [-0.3, -0.25) is 9.59 Å². The molecule has 1 unspecified atom stereocenters. The number of ether oxygens (including phenoxy) is 2. The van der Waals surface area contributed by atoms with Crippen molar-refractivity contribution in [3.8, 4) is 0 Å². The second-order valence-electron chi connectivity index (χ2n) is 12.0. The van der Waals surface area contributed by atoms with Crippen LogP contribution < -0.4 is 0 Å². The van der Waals surface area contributed by atoms with Gasteiger partial charge in [-0.25, -0.2) is 0 Å². The highest BCUT2D eigenvalue weighted by molar-refractivity contribution is 5.70. The van der Waals surface area contributed by atoms with E-state index in [0.29, 0.717) is 19.3 Å². The zero-order valence-corrected chi connectivity index (χ0v) is 28.4. The van der Waals surface area contributed by atoms with E-state index in [0.717, 1.165) is 44.4 Å². The zero-order chi connectivity index (χ0) is 32.5. The molecule has 0 bridgehead atoms. The number of allylic oxidation sites excluding steroid dienone is 6. The standard InChI is InChI=1S/C38H66O6/c1-4-6-7-8-12-18-23-28-35(40)29-24-19-14-11-16-20-25-30-37(41)43-33-36(32-39)44-38(42)31-26-21-15-10-9-13-17-22-27-34(3)5-2/h11-12,16,18-19,23-24,28,34-36,39-40H,4-10,13-15,17,20-22,25-27,29-33H2,1-3H3/b16-11+,18-12-,24-19-,28-23-/t34?,35-,36+/m1/s1. The number of hydrogen-bond donors (Lipinski definition) is 2. The molecule has 0 aromatic heterocycles. The number of aliphatic hydroxyl groups is 2. The fourth-order valence-electron chi connectivity index (χ4n) is 4.60. The first kappa shape index (κ1) is 41.8.